The second kappa shape index (κ2) is 8.45. The molecule has 6 nitrogen and oxygen atoms in total. The second-order valence-electron chi connectivity index (χ2n) is 5.38. The standard InChI is InChI=1S/C18H16F2N4O2S/c1-25-15-4-2-11(8-22-24-18-23-17(21)10-27-18)6-12(15)9-26-16-5-3-13(19)7-14(16)20/h2-8,10H,9,21H2,1H3,(H,23,24). The number of nitrogens with zero attached hydrogens (tertiary/aromatic N) is 2. The van der Waals surface area contributed by atoms with Crippen LogP contribution >= 0.6 is 11.3 Å². The number of hydrogen-bond donors (Lipinski definition) is 2. The van der Waals surface area contributed by atoms with Gasteiger partial charge in [0.15, 0.2) is 11.6 Å². The molecule has 3 N–H and O–H groups in total. The zero-order valence-electron chi connectivity index (χ0n) is 14.3. The molecular formula is C18H16F2N4O2S. The number of ether oxygens (including phenoxy) is 2. The SMILES string of the molecule is COc1ccc(C=NNc2nc(N)cs2)cc1COc1ccc(F)cc1F. The zero-order valence-corrected chi connectivity index (χ0v) is 15.1. The quantitative estimate of drug-likeness (QED) is 0.470. The van der Waals surface area contributed by atoms with Crippen LogP contribution in [-0.2, 0) is 6.61 Å². The number of nitrogens with one attached hydrogen (secondary N) is 1. The van der Waals surface area contributed by atoms with Crippen LogP contribution in [0.25, 0.3) is 0 Å². The van der Waals surface area contributed by atoms with E-state index < -0.39 is 11.6 Å². The topological polar surface area (TPSA) is 81.8 Å². The molecule has 0 unspecified atom stereocenters. The van der Waals surface area contributed by atoms with Gasteiger partial charge in [-0.25, -0.2) is 13.8 Å². The van der Waals surface area contributed by atoms with Crippen molar-refractivity contribution in [2.24, 2.45) is 5.10 Å². The summed E-state index contributed by atoms with van der Waals surface area (Å²) in [5, 5.41) is 6.38. The summed E-state index contributed by atoms with van der Waals surface area (Å²) in [6.45, 7) is 0.0455. The van der Waals surface area contributed by atoms with Crippen LogP contribution in [0.5, 0.6) is 11.5 Å². The summed E-state index contributed by atoms with van der Waals surface area (Å²) in [6.07, 6.45) is 1.60. The van der Waals surface area contributed by atoms with Gasteiger partial charge in [-0.3, -0.25) is 5.43 Å². The van der Waals surface area contributed by atoms with E-state index in [-0.39, 0.29) is 12.4 Å². The smallest absolute Gasteiger partial charge is 0.205 e. The Hall–Kier alpha value is -3.20. The highest BCUT2D eigenvalue weighted by Crippen LogP contribution is 2.24. The summed E-state index contributed by atoms with van der Waals surface area (Å²) in [5.41, 5.74) is 9.78. The lowest BCUT2D eigenvalue weighted by molar-refractivity contribution is 0.282. The molecule has 0 aliphatic rings. The minimum Gasteiger partial charge on any atom is -0.496 e. The van der Waals surface area contributed by atoms with Crippen molar-refractivity contribution in [3.05, 3.63) is 64.5 Å². The van der Waals surface area contributed by atoms with Crippen LogP contribution in [0.3, 0.4) is 0 Å². The van der Waals surface area contributed by atoms with Crippen LogP contribution in [0, 0.1) is 11.6 Å². The normalized spacial score (nSPS) is 10.9. The fraction of sp³-hybridized carbons (Fsp3) is 0.111. The summed E-state index contributed by atoms with van der Waals surface area (Å²) in [5.74, 6) is -0.464. The van der Waals surface area contributed by atoms with E-state index in [1.54, 1.807) is 23.7 Å². The number of hydrogen-bond acceptors (Lipinski definition) is 7. The minimum atomic E-state index is -0.765. The Morgan fingerprint density at radius 3 is 2.74 bits per heavy atom. The molecule has 2 aromatic carbocycles. The molecule has 27 heavy (non-hydrogen) atoms. The van der Waals surface area contributed by atoms with Crippen molar-refractivity contribution in [3.8, 4) is 11.5 Å². The van der Waals surface area contributed by atoms with Crippen molar-refractivity contribution in [3.63, 3.8) is 0 Å². The van der Waals surface area contributed by atoms with Crippen LogP contribution in [0.1, 0.15) is 11.1 Å². The van der Waals surface area contributed by atoms with E-state index in [9.17, 15) is 8.78 Å². The van der Waals surface area contributed by atoms with Gasteiger partial charge in [-0.2, -0.15) is 5.10 Å². The monoisotopic (exact) mass is 390 g/mol. The van der Waals surface area contributed by atoms with Gasteiger partial charge >= 0.3 is 0 Å². The van der Waals surface area contributed by atoms with E-state index in [2.05, 4.69) is 15.5 Å². The maximum Gasteiger partial charge on any atom is 0.205 e. The highest BCUT2D eigenvalue weighted by Gasteiger charge is 2.09. The Morgan fingerprint density at radius 1 is 1.22 bits per heavy atom. The third-order valence-electron chi connectivity index (χ3n) is 3.48. The van der Waals surface area contributed by atoms with Gasteiger partial charge < -0.3 is 15.2 Å². The molecule has 3 rings (SSSR count). The van der Waals surface area contributed by atoms with Gasteiger partial charge in [-0.15, -0.1) is 11.3 Å². The van der Waals surface area contributed by atoms with E-state index in [1.165, 1.54) is 24.5 Å². The van der Waals surface area contributed by atoms with Crippen LogP contribution in [0.4, 0.5) is 19.7 Å². The molecule has 140 valence electrons. The Kier molecular flexibility index (Phi) is 5.82. The van der Waals surface area contributed by atoms with Crippen molar-refractivity contribution < 1.29 is 18.3 Å². The molecule has 0 saturated heterocycles. The predicted molar refractivity (Wildman–Crippen MR) is 101 cm³/mol. The number of anilines is 2. The minimum absolute atomic E-state index is 0.0412. The third kappa shape index (κ3) is 4.91. The number of methoxy groups -OCH3 is 1. The summed E-state index contributed by atoms with van der Waals surface area (Å²) in [4.78, 5) is 4.03. The Bertz CT molecular complexity index is 962. The molecule has 0 radical (unpaired) electrons. The fourth-order valence-corrected chi connectivity index (χ4v) is 2.79. The molecule has 3 aromatic rings. The first-order valence-corrected chi connectivity index (χ1v) is 8.68. The first-order valence-electron chi connectivity index (χ1n) is 7.80. The van der Waals surface area contributed by atoms with Gasteiger partial charge in [0.2, 0.25) is 5.13 Å². The van der Waals surface area contributed by atoms with Crippen molar-refractivity contribution in [2.75, 3.05) is 18.3 Å². The van der Waals surface area contributed by atoms with Gasteiger partial charge in [-0.05, 0) is 35.9 Å². The molecule has 0 saturated carbocycles. The maximum atomic E-state index is 13.7. The number of aromatic nitrogens is 1. The van der Waals surface area contributed by atoms with E-state index in [0.717, 1.165) is 17.7 Å². The lowest BCUT2D eigenvalue weighted by Crippen LogP contribution is -2.01. The van der Waals surface area contributed by atoms with Crippen molar-refractivity contribution in [2.45, 2.75) is 6.61 Å². The van der Waals surface area contributed by atoms with E-state index in [4.69, 9.17) is 15.2 Å². The van der Waals surface area contributed by atoms with Crippen molar-refractivity contribution >= 4 is 28.5 Å². The molecule has 0 fully saturated rings. The Balaban J connectivity index is 1.70. The molecular weight excluding hydrogens is 374 g/mol. The molecule has 0 aliphatic carbocycles. The van der Waals surface area contributed by atoms with Gasteiger partial charge in [0.1, 0.15) is 24.0 Å². The Morgan fingerprint density at radius 2 is 2.04 bits per heavy atom. The molecule has 0 bridgehead atoms. The average molecular weight is 390 g/mol. The maximum absolute atomic E-state index is 13.7. The lowest BCUT2D eigenvalue weighted by atomic mass is 10.1. The van der Waals surface area contributed by atoms with Crippen molar-refractivity contribution in [1.82, 2.24) is 4.98 Å². The highest BCUT2D eigenvalue weighted by molar-refractivity contribution is 7.14. The van der Waals surface area contributed by atoms with E-state index in [0.29, 0.717) is 22.3 Å². The number of rotatable bonds is 7. The molecule has 0 spiro atoms. The predicted octanol–water partition coefficient (Wildman–Crippen LogP) is 4.04. The molecule has 9 heteroatoms. The average Bonchev–Trinajstić information content (AvgIpc) is 3.06. The number of benzene rings is 2. The molecule has 0 aliphatic heterocycles. The third-order valence-corrected chi connectivity index (χ3v) is 4.24. The molecule has 0 amide bonds. The van der Waals surface area contributed by atoms with Crippen molar-refractivity contribution in [1.29, 1.82) is 0 Å². The van der Waals surface area contributed by atoms with E-state index in [1.807, 2.05) is 6.07 Å². The molecule has 0 atom stereocenters. The Labute approximate surface area is 158 Å². The summed E-state index contributed by atoms with van der Waals surface area (Å²) in [6, 6.07) is 8.50. The summed E-state index contributed by atoms with van der Waals surface area (Å²) < 4.78 is 37.4. The van der Waals surface area contributed by atoms with Gasteiger partial charge in [0.05, 0.1) is 13.3 Å². The molecule has 1 heterocycles. The number of halogens is 2. The fourth-order valence-electron chi connectivity index (χ4n) is 2.24. The zero-order chi connectivity index (χ0) is 19.2. The van der Waals surface area contributed by atoms with E-state index >= 15 is 0 Å². The number of hydrazone groups is 1. The number of nitrogens with two attached hydrogens (primary N) is 1. The number of nitrogen functional groups attached to an aromatic ring is 1. The lowest BCUT2D eigenvalue weighted by Gasteiger charge is -2.11. The van der Waals surface area contributed by atoms with Crippen LogP contribution in [-0.4, -0.2) is 18.3 Å². The van der Waals surface area contributed by atoms with Gasteiger partial charge in [0.25, 0.3) is 0 Å². The number of thiazole rings is 1. The van der Waals surface area contributed by atoms with Crippen LogP contribution in [0.15, 0.2) is 46.9 Å². The van der Waals surface area contributed by atoms with Gasteiger partial charge in [-0.1, -0.05) is 0 Å². The largest absolute Gasteiger partial charge is 0.496 e. The second-order valence-corrected chi connectivity index (χ2v) is 6.24. The molecule has 1 aromatic heterocycles. The highest BCUT2D eigenvalue weighted by atomic mass is 32.1. The first kappa shape index (κ1) is 18.6. The van der Waals surface area contributed by atoms with Gasteiger partial charge in [0, 0.05) is 17.0 Å². The summed E-state index contributed by atoms with van der Waals surface area (Å²) in [7, 11) is 1.53. The summed E-state index contributed by atoms with van der Waals surface area (Å²) >= 11 is 1.34. The van der Waals surface area contributed by atoms with Crippen LogP contribution in [0.2, 0.25) is 0 Å². The van der Waals surface area contributed by atoms with Crippen LogP contribution < -0.4 is 20.6 Å². The first-order chi connectivity index (χ1) is 13.0.